The molecule has 0 saturated heterocycles. The van der Waals surface area contributed by atoms with Gasteiger partial charge in [0.2, 0.25) is 0 Å². The SMILES string of the molecule is Cc1cccc(CC(CO)Cc2ccc(Br)cc2F)c1. The van der Waals surface area contributed by atoms with Crippen molar-refractivity contribution in [2.75, 3.05) is 6.61 Å². The Kier molecular flexibility index (Phi) is 5.32. The molecule has 0 saturated carbocycles. The second-order valence-electron chi connectivity index (χ2n) is 5.18. The smallest absolute Gasteiger partial charge is 0.127 e. The molecule has 2 aromatic rings. The van der Waals surface area contributed by atoms with Gasteiger partial charge in [0.05, 0.1) is 0 Å². The van der Waals surface area contributed by atoms with E-state index >= 15 is 0 Å². The molecule has 1 nitrogen and oxygen atoms in total. The van der Waals surface area contributed by atoms with Crippen LogP contribution in [0.4, 0.5) is 4.39 Å². The van der Waals surface area contributed by atoms with Crippen molar-refractivity contribution in [3.05, 3.63) is 69.4 Å². The summed E-state index contributed by atoms with van der Waals surface area (Å²) >= 11 is 3.25. The quantitative estimate of drug-likeness (QED) is 0.863. The molecule has 0 heterocycles. The lowest BCUT2D eigenvalue weighted by Crippen LogP contribution is -2.14. The van der Waals surface area contributed by atoms with Crippen molar-refractivity contribution in [1.29, 1.82) is 0 Å². The number of aliphatic hydroxyl groups excluding tert-OH is 1. The minimum Gasteiger partial charge on any atom is -0.396 e. The number of rotatable bonds is 5. The van der Waals surface area contributed by atoms with Crippen molar-refractivity contribution in [2.45, 2.75) is 19.8 Å². The topological polar surface area (TPSA) is 20.2 Å². The van der Waals surface area contributed by atoms with Crippen LogP contribution in [-0.4, -0.2) is 11.7 Å². The summed E-state index contributed by atoms with van der Waals surface area (Å²) in [6, 6.07) is 13.3. The highest BCUT2D eigenvalue weighted by atomic mass is 79.9. The molecule has 0 fully saturated rings. The van der Waals surface area contributed by atoms with Crippen LogP contribution in [-0.2, 0) is 12.8 Å². The second kappa shape index (κ2) is 7.00. The molecule has 1 unspecified atom stereocenters. The first kappa shape index (κ1) is 15.2. The van der Waals surface area contributed by atoms with E-state index in [1.165, 1.54) is 17.2 Å². The molecule has 3 heteroatoms. The Morgan fingerprint density at radius 2 is 1.95 bits per heavy atom. The van der Waals surface area contributed by atoms with Crippen LogP contribution in [0, 0.1) is 18.7 Å². The Bertz CT molecular complexity index is 583. The van der Waals surface area contributed by atoms with Gasteiger partial charge in [0.25, 0.3) is 0 Å². The van der Waals surface area contributed by atoms with E-state index in [1.807, 2.05) is 31.2 Å². The number of aliphatic hydroxyl groups is 1. The molecule has 0 amide bonds. The molecule has 2 rings (SSSR count). The zero-order valence-electron chi connectivity index (χ0n) is 11.4. The number of benzene rings is 2. The molecule has 0 spiro atoms. The summed E-state index contributed by atoms with van der Waals surface area (Å²) in [6.45, 7) is 2.11. The third-order valence-electron chi connectivity index (χ3n) is 3.39. The van der Waals surface area contributed by atoms with E-state index in [1.54, 1.807) is 6.07 Å². The molecule has 1 atom stereocenters. The lowest BCUT2D eigenvalue weighted by Gasteiger charge is -2.15. The van der Waals surface area contributed by atoms with Gasteiger partial charge in [0, 0.05) is 11.1 Å². The van der Waals surface area contributed by atoms with Crippen LogP contribution >= 0.6 is 15.9 Å². The first-order valence-corrected chi connectivity index (χ1v) is 7.48. The normalized spacial score (nSPS) is 12.4. The first-order chi connectivity index (χ1) is 9.58. The van der Waals surface area contributed by atoms with Crippen molar-refractivity contribution in [3.63, 3.8) is 0 Å². The van der Waals surface area contributed by atoms with Gasteiger partial charge in [-0.15, -0.1) is 0 Å². The van der Waals surface area contributed by atoms with E-state index in [-0.39, 0.29) is 18.3 Å². The predicted molar refractivity (Wildman–Crippen MR) is 83.3 cm³/mol. The molecular formula is C17H18BrFO. The Hall–Kier alpha value is -1.19. The van der Waals surface area contributed by atoms with Gasteiger partial charge in [0.1, 0.15) is 5.82 Å². The van der Waals surface area contributed by atoms with Crippen molar-refractivity contribution in [2.24, 2.45) is 5.92 Å². The van der Waals surface area contributed by atoms with Gasteiger partial charge in [-0.2, -0.15) is 0 Å². The Morgan fingerprint density at radius 3 is 2.60 bits per heavy atom. The van der Waals surface area contributed by atoms with Crippen molar-refractivity contribution < 1.29 is 9.50 Å². The van der Waals surface area contributed by atoms with Gasteiger partial charge < -0.3 is 5.11 Å². The summed E-state index contributed by atoms with van der Waals surface area (Å²) < 4.78 is 14.6. The Morgan fingerprint density at radius 1 is 1.15 bits per heavy atom. The fourth-order valence-corrected chi connectivity index (χ4v) is 2.71. The largest absolute Gasteiger partial charge is 0.396 e. The molecule has 20 heavy (non-hydrogen) atoms. The maximum Gasteiger partial charge on any atom is 0.127 e. The van der Waals surface area contributed by atoms with Crippen molar-refractivity contribution in [3.8, 4) is 0 Å². The van der Waals surface area contributed by atoms with Gasteiger partial charge in [-0.1, -0.05) is 51.8 Å². The highest BCUT2D eigenvalue weighted by Crippen LogP contribution is 2.20. The molecule has 1 N–H and O–H groups in total. The van der Waals surface area contributed by atoms with E-state index in [0.717, 1.165) is 10.9 Å². The van der Waals surface area contributed by atoms with Gasteiger partial charge in [-0.3, -0.25) is 0 Å². The summed E-state index contributed by atoms with van der Waals surface area (Å²) in [5.74, 6) is -0.186. The third kappa shape index (κ3) is 4.15. The van der Waals surface area contributed by atoms with Gasteiger partial charge in [-0.25, -0.2) is 4.39 Å². The molecule has 106 valence electrons. The Labute approximate surface area is 127 Å². The van der Waals surface area contributed by atoms with E-state index < -0.39 is 0 Å². The zero-order valence-corrected chi connectivity index (χ0v) is 13.0. The average Bonchev–Trinajstić information content (AvgIpc) is 2.41. The maximum atomic E-state index is 13.8. The van der Waals surface area contributed by atoms with Crippen LogP contribution < -0.4 is 0 Å². The van der Waals surface area contributed by atoms with Gasteiger partial charge in [-0.05, 0) is 48.9 Å². The highest BCUT2D eigenvalue weighted by molar-refractivity contribution is 9.10. The van der Waals surface area contributed by atoms with Crippen LogP contribution in [0.15, 0.2) is 46.9 Å². The third-order valence-corrected chi connectivity index (χ3v) is 3.88. The zero-order chi connectivity index (χ0) is 14.5. The van der Waals surface area contributed by atoms with Crippen LogP contribution in [0.25, 0.3) is 0 Å². The average molecular weight is 337 g/mol. The molecular weight excluding hydrogens is 319 g/mol. The fraction of sp³-hybridized carbons (Fsp3) is 0.294. The number of hydrogen-bond acceptors (Lipinski definition) is 1. The van der Waals surface area contributed by atoms with Crippen molar-refractivity contribution >= 4 is 15.9 Å². The van der Waals surface area contributed by atoms with Crippen LogP contribution in [0.1, 0.15) is 16.7 Å². The van der Waals surface area contributed by atoms with Gasteiger partial charge in [0.15, 0.2) is 0 Å². The molecule has 2 aromatic carbocycles. The summed E-state index contributed by atoms with van der Waals surface area (Å²) in [5, 5.41) is 9.53. The second-order valence-corrected chi connectivity index (χ2v) is 6.10. The predicted octanol–water partition coefficient (Wildman–Crippen LogP) is 4.29. The first-order valence-electron chi connectivity index (χ1n) is 6.69. The number of aryl methyl sites for hydroxylation is 1. The van der Waals surface area contributed by atoms with Crippen LogP contribution in [0.2, 0.25) is 0 Å². The number of hydrogen-bond donors (Lipinski definition) is 1. The maximum absolute atomic E-state index is 13.8. The van der Waals surface area contributed by atoms with Crippen molar-refractivity contribution in [1.82, 2.24) is 0 Å². The van der Waals surface area contributed by atoms with Gasteiger partial charge >= 0.3 is 0 Å². The minimum atomic E-state index is -0.220. The monoisotopic (exact) mass is 336 g/mol. The van der Waals surface area contributed by atoms with E-state index in [0.29, 0.717) is 12.0 Å². The van der Waals surface area contributed by atoms with E-state index in [4.69, 9.17) is 0 Å². The molecule has 0 aliphatic heterocycles. The fourth-order valence-electron chi connectivity index (χ4n) is 2.37. The van der Waals surface area contributed by atoms with Crippen LogP contribution in [0.5, 0.6) is 0 Å². The van der Waals surface area contributed by atoms with Crippen LogP contribution in [0.3, 0.4) is 0 Å². The molecule has 0 aliphatic carbocycles. The molecule has 0 bridgehead atoms. The minimum absolute atomic E-state index is 0.0347. The molecule has 0 aromatic heterocycles. The lowest BCUT2D eigenvalue weighted by molar-refractivity contribution is 0.224. The summed E-state index contributed by atoms with van der Waals surface area (Å²) in [5.41, 5.74) is 3.04. The van der Waals surface area contributed by atoms with E-state index in [9.17, 15) is 9.50 Å². The molecule has 0 aliphatic rings. The Balaban J connectivity index is 2.09. The van der Waals surface area contributed by atoms with E-state index in [2.05, 4.69) is 22.0 Å². The molecule has 0 radical (unpaired) electrons. The summed E-state index contributed by atoms with van der Waals surface area (Å²) in [4.78, 5) is 0. The summed E-state index contributed by atoms with van der Waals surface area (Å²) in [6.07, 6.45) is 1.30. The lowest BCUT2D eigenvalue weighted by atomic mass is 9.92. The number of halogens is 2. The standard InChI is InChI=1S/C17H18BrFO/c1-12-3-2-4-13(7-12)8-14(11-20)9-15-5-6-16(18)10-17(15)19/h2-7,10,14,20H,8-9,11H2,1H3. The highest BCUT2D eigenvalue weighted by Gasteiger charge is 2.13. The summed E-state index contributed by atoms with van der Waals surface area (Å²) in [7, 11) is 0.